The van der Waals surface area contributed by atoms with Gasteiger partial charge in [-0.15, -0.1) is 11.8 Å². The number of carbonyl (C=O) groups excluding carboxylic acids is 1. The largest absolute Gasteiger partial charge is 0.326 e. The highest BCUT2D eigenvalue weighted by molar-refractivity contribution is 7.99. The summed E-state index contributed by atoms with van der Waals surface area (Å²) in [7, 11) is -3.86. The van der Waals surface area contributed by atoms with Crippen LogP contribution in [-0.2, 0) is 21.2 Å². The first-order valence-electron chi connectivity index (χ1n) is 10.6. The van der Waals surface area contributed by atoms with Crippen LogP contribution in [0.15, 0.2) is 58.6 Å². The first kappa shape index (κ1) is 25.1. The molecule has 0 unspecified atom stereocenters. The number of rotatable bonds is 10. The van der Waals surface area contributed by atoms with Crippen molar-refractivity contribution in [2.24, 2.45) is 0 Å². The van der Waals surface area contributed by atoms with E-state index in [-0.39, 0.29) is 23.2 Å². The molecule has 0 fully saturated rings. The van der Waals surface area contributed by atoms with Crippen LogP contribution < -0.4 is 10.0 Å². The third kappa shape index (κ3) is 7.00. The molecular formula is C23H24N6O3S2. The van der Waals surface area contributed by atoms with Gasteiger partial charge in [-0.1, -0.05) is 13.3 Å². The molecule has 0 saturated carbocycles. The smallest absolute Gasteiger partial charge is 0.264 e. The summed E-state index contributed by atoms with van der Waals surface area (Å²) in [6.07, 6.45) is 3.47. The minimum absolute atomic E-state index is 0.0100. The molecule has 11 heteroatoms. The minimum atomic E-state index is -3.86. The molecule has 0 aliphatic rings. The summed E-state index contributed by atoms with van der Waals surface area (Å²) < 4.78 is 27.4. The number of benzene rings is 1. The fourth-order valence-electron chi connectivity index (χ4n) is 2.93. The summed E-state index contributed by atoms with van der Waals surface area (Å²) in [6, 6.07) is 13.2. The first-order valence-corrected chi connectivity index (χ1v) is 13.0. The van der Waals surface area contributed by atoms with Crippen molar-refractivity contribution in [1.82, 2.24) is 15.0 Å². The van der Waals surface area contributed by atoms with Crippen molar-refractivity contribution in [3.05, 3.63) is 65.6 Å². The highest BCUT2D eigenvalue weighted by Crippen LogP contribution is 2.22. The number of sulfonamides is 1. The minimum Gasteiger partial charge on any atom is -0.326 e. The number of nitrogens with one attached hydrogen (secondary N) is 2. The lowest BCUT2D eigenvalue weighted by molar-refractivity contribution is -0.115. The van der Waals surface area contributed by atoms with Crippen LogP contribution in [0.25, 0.3) is 0 Å². The first-order chi connectivity index (χ1) is 16.3. The van der Waals surface area contributed by atoms with E-state index in [1.807, 2.05) is 6.07 Å². The molecule has 34 heavy (non-hydrogen) atoms. The lowest BCUT2D eigenvalue weighted by atomic mass is 10.2. The molecule has 1 aromatic carbocycles. The zero-order chi connectivity index (χ0) is 24.6. The van der Waals surface area contributed by atoms with E-state index in [2.05, 4.69) is 38.0 Å². The molecule has 1 amide bonds. The van der Waals surface area contributed by atoms with Crippen LogP contribution in [-0.4, -0.2) is 35.0 Å². The summed E-state index contributed by atoms with van der Waals surface area (Å²) in [5.74, 6) is 0.220. The van der Waals surface area contributed by atoms with Crippen molar-refractivity contribution < 1.29 is 13.2 Å². The number of nitrogens with zero attached hydrogens (tertiary/aromatic N) is 4. The van der Waals surface area contributed by atoms with Crippen LogP contribution in [0.4, 0.5) is 11.6 Å². The number of thioether (sulfide) groups is 1. The zero-order valence-electron chi connectivity index (χ0n) is 18.8. The molecule has 9 nitrogen and oxygen atoms in total. The van der Waals surface area contributed by atoms with E-state index in [1.54, 1.807) is 19.1 Å². The summed E-state index contributed by atoms with van der Waals surface area (Å²) in [6.45, 7) is 3.80. The number of aryl methyl sites for hydroxylation is 2. The van der Waals surface area contributed by atoms with Gasteiger partial charge in [0.2, 0.25) is 11.9 Å². The second kappa shape index (κ2) is 11.6. The van der Waals surface area contributed by atoms with Gasteiger partial charge in [0.05, 0.1) is 10.5 Å². The van der Waals surface area contributed by atoms with E-state index in [4.69, 9.17) is 0 Å². The summed E-state index contributed by atoms with van der Waals surface area (Å²) >= 11 is 1.36. The van der Waals surface area contributed by atoms with Gasteiger partial charge >= 0.3 is 0 Å². The van der Waals surface area contributed by atoms with E-state index in [1.165, 1.54) is 42.2 Å². The van der Waals surface area contributed by atoms with E-state index in [0.29, 0.717) is 27.7 Å². The van der Waals surface area contributed by atoms with Crippen LogP contribution in [0.3, 0.4) is 0 Å². The molecule has 2 N–H and O–H groups in total. The molecule has 0 saturated heterocycles. The summed E-state index contributed by atoms with van der Waals surface area (Å²) in [5, 5.41) is 12.7. The predicted octanol–water partition coefficient (Wildman–Crippen LogP) is 3.93. The Balaban J connectivity index is 1.55. The highest BCUT2D eigenvalue weighted by atomic mass is 32.2. The lowest BCUT2D eigenvalue weighted by Crippen LogP contribution is -2.16. The van der Waals surface area contributed by atoms with Crippen molar-refractivity contribution in [3.8, 4) is 6.07 Å². The Morgan fingerprint density at radius 2 is 1.88 bits per heavy atom. The highest BCUT2D eigenvalue weighted by Gasteiger charge is 2.16. The quantitative estimate of drug-likeness (QED) is 0.403. The number of hydrogen-bond acceptors (Lipinski definition) is 8. The molecular weight excluding hydrogens is 472 g/mol. The summed E-state index contributed by atoms with van der Waals surface area (Å²) in [5.41, 5.74) is 2.53. The van der Waals surface area contributed by atoms with Gasteiger partial charge in [-0.3, -0.25) is 4.79 Å². The number of pyridine rings is 1. The molecule has 0 aliphatic carbocycles. The Labute approximate surface area is 203 Å². The van der Waals surface area contributed by atoms with Crippen LogP contribution in [0.2, 0.25) is 0 Å². The maximum atomic E-state index is 12.5. The second-order valence-electron chi connectivity index (χ2n) is 7.32. The van der Waals surface area contributed by atoms with Crippen molar-refractivity contribution in [3.63, 3.8) is 0 Å². The summed E-state index contributed by atoms with van der Waals surface area (Å²) in [4.78, 5) is 24.8. The van der Waals surface area contributed by atoms with E-state index in [9.17, 15) is 18.5 Å². The van der Waals surface area contributed by atoms with Crippen LogP contribution in [0.5, 0.6) is 0 Å². The van der Waals surface area contributed by atoms with E-state index in [0.717, 1.165) is 18.5 Å². The molecule has 0 bridgehead atoms. The lowest BCUT2D eigenvalue weighted by Gasteiger charge is -2.09. The van der Waals surface area contributed by atoms with Gasteiger partial charge < -0.3 is 5.32 Å². The molecule has 3 aromatic rings. The molecule has 0 radical (unpaired) electrons. The Kier molecular flexibility index (Phi) is 8.56. The van der Waals surface area contributed by atoms with Gasteiger partial charge in [0, 0.05) is 35.4 Å². The number of nitriles is 1. The topological polar surface area (TPSA) is 138 Å². The average Bonchev–Trinajstić information content (AvgIpc) is 2.79. The molecule has 0 spiro atoms. The van der Waals surface area contributed by atoms with Crippen LogP contribution in [0, 0.1) is 18.3 Å². The van der Waals surface area contributed by atoms with Gasteiger partial charge in [0.1, 0.15) is 11.1 Å². The molecule has 176 valence electrons. The monoisotopic (exact) mass is 496 g/mol. The fourth-order valence-corrected chi connectivity index (χ4v) is 4.81. The van der Waals surface area contributed by atoms with E-state index < -0.39 is 10.0 Å². The number of hydrogen-bond donors (Lipinski definition) is 2. The third-order valence-corrected chi connectivity index (χ3v) is 6.92. The Morgan fingerprint density at radius 3 is 2.56 bits per heavy atom. The van der Waals surface area contributed by atoms with Gasteiger partial charge in [-0.05, 0) is 55.8 Å². The maximum Gasteiger partial charge on any atom is 0.264 e. The van der Waals surface area contributed by atoms with E-state index >= 15 is 0 Å². The van der Waals surface area contributed by atoms with Gasteiger partial charge in [-0.25, -0.2) is 28.1 Å². The van der Waals surface area contributed by atoms with Crippen LogP contribution >= 0.6 is 11.8 Å². The predicted molar refractivity (Wildman–Crippen MR) is 131 cm³/mol. The second-order valence-corrected chi connectivity index (χ2v) is 10.1. The standard InChI is InChI=1S/C23H24N6O3S2/c1-3-4-18-6-5-17(15-24)22(28-18)33-14-12-21(30)27-19-7-9-20(10-8-19)34(31,32)29-23-25-13-11-16(2)26-23/h5-11,13H,3-4,12,14H2,1-2H3,(H,27,30)(H,25,26,29). The number of anilines is 2. The van der Waals surface area contributed by atoms with Crippen molar-refractivity contribution >= 4 is 39.3 Å². The molecule has 3 rings (SSSR count). The Hall–Kier alpha value is -3.49. The van der Waals surface area contributed by atoms with Gasteiger partial charge in [-0.2, -0.15) is 5.26 Å². The molecule has 2 aromatic heterocycles. The normalized spacial score (nSPS) is 11.0. The number of carbonyl (C=O) groups is 1. The number of amides is 1. The van der Waals surface area contributed by atoms with Gasteiger partial charge in [0.15, 0.2) is 0 Å². The SMILES string of the molecule is CCCc1ccc(C#N)c(SCCC(=O)Nc2ccc(S(=O)(=O)Nc3nccc(C)n3)cc2)n1. The molecule has 2 heterocycles. The maximum absolute atomic E-state index is 12.5. The zero-order valence-corrected chi connectivity index (χ0v) is 20.4. The van der Waals surface area contributed by atoms with Crippen molar-refractivity contribution in [2.45, 2.75) is 43.0 Å². The Bertz CT molecular complexity index is 1310. The number of aromatic nitrogens is 3. The van der Waals surface area contributed by atoms with Gasteiger partial charge in [0.25, 0.3) is 10.0 Å². The molecule has 0 aliphatic heterocycles. The van der Waals surface area contributed by atoms with Crippen molar-refractivity contribution in [1.29, 1.82) is 5.26 Å². The third-order valence-electron chi connectivity index (χ3n) is 4.58. The van der Waals surface area contributed by atoms with Crippen LogP contribution in [0.1, 0.15) is 36.7 Å². The molecule has 0 atom stereocenters. The fraction of sp³-hybridized carbons (Fsp3) is 0.261. The van der Waals surface area contributed by atoms with Crippen molar-refractivity contribution in [2.75, 3.05) is 15.8 Å². The Morgan fingerprint density at radius 1 is 1.12 bits per heavy atom. The average molecular weight is 497 g/mol.